The summed E-state index contributed by atoms with van der Waals surface area (Å²) in [5.41, 5.74) is 1.52. The zero-order valence-electron chi connectivity index (χ0n) is 6.46. The van der Waals surface area contributed by atoms with E-state index in [0.29, 0.717) is 10.2 Å². The first kappa shape index (κ1) is 8.37. The lowest BCUT2D eigenvalue weighted by molar-refractivity contribution is 0.621. The van der Waals surface area contributed by atoms with Crippen LogP contribution in [0.25, 0.3) is 11.3 Å². The molecule has 0 bridgehead atoms. The van der Waals surface area contributed by atoms with Gasteiger partial charge in [0.25, 0.3) is 0 Å². The number of aromatic nitrogens is 3. The number of benzene rings is 1. The maximum atomic E-state index is 12.8. The lowest BCUT2D eigenvalue weighted by Crippen LogP contribution is -1.81. The Morgan fingerprint density at radius 1 is 1.38 bits per heavy atom. The van der Waals surface area contributed by atoms with E-state index in [1.165, 1.54) is 6.07 Å². The molecule has 5 heteroatoms. The van der Waals surface area contributed by atoms with E-state index in [4.69, 9.17) is 0 Å². The van der Waals surface area contributed by atoms with Crippen LogP contribution < -0.4 is 0 Å². The molecule has 0 spiro atoms. The number of aromatic amines is 1. The van der Waals surface area contributed by atoms with Gasteiger partial charge in [0.1, 0.15) is 11.5 Å². The van der Waals surface area contributed by atoms with Crippen molar-refractivity contribution >= 4 is 15.9 Å². The van der Waals surface area contributed by atoms with E-state index in [1.54, 1.807) is 18.3 Å². The fraction of sp³-hybridized carbons (Fsp3) is 0. The predicted octanol–water partition coefficient (Wildman–Crippen LogP) is 2.37. The van der Waals surface area contributed by atoms with Crippen LogP contribution >= 0.6 is 15.9 Å². The van der Waals surface area contributed by atoms with Gasteiger partial charge in [-0.15, -0.1) is 0 Å². The molecule has 0 unspecified atom stereocenters. The minimum absolute atomic E-state index is 0.285. The van der Waals surface area contributed by atoms with Gasteiger partial charge in [0, 0.05) is 5.56 Å². The van der Waals surface area contributed by atoms with Gasteiger partial charge in [0.15, 0.2) is 0 Å². The van der Waals surface area contributed by atoms with Crippen LogP contribution in [0, 0.1) is 5.82 Å². The highest BCUT2D eigenvalue weighted by molar-refractivity contribution is 9.10. The topological polar surface area (TPSA) is 41.6 Å². The number of halogens is 2. The zero-order chi connectivity index (χ0) is 9.26. The summed E-state index contributed by atoms with van der Waals surface area (Å²) in [7, 11) is 0. The van der Waals surface area contributed by atoms with E-state index in [9.17, 15) is 4.39 Å². The fourth-order valence-electron chi connectivity index (χ4n) is 0.996. The molecule has 0 saturated carbocycles. The number of nitrogens with one attached hydrogen (secondary N) is 1. The molecule has 1 heterocycles. The lowest BCUT2D eigenvalue weighted by Gasteiger charge is -1.97. The molecule has 0 aliphatic rings. The second-order valence-electron chi connectivity index (χ2n) is 2.48. The van der Waals surface area contributed by atoms with Gasteiger partial charge in [0.05, 0.1) is 10.7 Å². The van der Waals surface area contributed by atoms with Crippen LogP contribution in [-0.2, 0) is 0 Å². The fourth-order valence-corrected chi connectivity index (χ4v) is 1.37. The summed E-state index contributed by atoms with van der Waals surface area (Å²) < 4.78 is 13.3. The summed E-state index contributed by atoms with van der Waals surface area (Å²) in [6.45, 7) is 0. The molecule has 0 amide bonds. The Hall–Kier alpha value is -1.23. The highest BCUT2D eigenvalue weighted by Gasteiger charge is 2.03. The van der Waals surface area contributed by atoms with Crippen LogP contribution in [0.2, 0.25) is 0 Å². The van der Waals surface area contributed by atoms with Crippen molar-refractivity contribution < 1.29 is 4.39 Å². The second kappa shape index (κ2) is 3.26. The molecule has 3 nitrogen and oxygen atoms in total. The first-order chi connectivity index (χ1) is 6.27. The summed E-state index contributed by atoms with van der Waals surface area (Å²) in [5, 5.41) is 10.0. The Morgan fingerprint density at radius 3 is 2.85 bits per heavy atom. The summed E-state index contributed by atoms with van der Waals surface area (Å²) >= 11 is 3.10. The first-order valence-electron chi connectivity index (χ1n) is 3.58. The minimum atomic E-state index is -0.285. The summed E-state index contributed by atoms with van der Waals surface area (Å²) in [6, 6.07) is 4.69. The molecule has 0 atom stereocenters. The largest absolute Gasteiger partial charge is 0.206 e. The summed E-state index contributed by atoms with van der Waals surface area (Å²) in [6.07, 6.45) is 1.58. The third-order valence-electron chi connectivity index (χ3n) is 1.63. The van der Waals surface area contributed by atoms with Gasteiger partial charge in [-0.05, 0) is 34.1 Å². The van der Waals surface area contributed by atoms with Crippen LogP contribution in [0.1, 0.15) is 0 Å². The zero-order valence-corrected chi connectivity index (χ0v) is 8.05. The SMILES string of the molecule is Fc1ccc(-c2cn[nH]n2)cc1Br. The summed E-state index contributed by atoms with van der Waals surface area (Å²) in [5.74, 6) is -0.285. The Kier molecular flexibility index (Phi) is 2.10. The number of rotatable bonds is 1. The van der Waals surface area contributed by atoms with Crippen LogP contribution in [0.15, 0.2) is 28.9 Å². The van der Waals surface area contributed by atoms with Gasteiger partial charge < -0.3 is 0 Å². The Bertz CT molecular complexity index is 413. The van der Waals surface area contributed by atoms with Crippen molar-refractivity contribution in [3.63, 3.8) is 0 Å². The third-order valence-corrected chi connectivity index (χ3v) is 2.24. The van der Waals surface area contributed by atoms with Crippen molar-refractivity contribution in [2.24, 2.45) is 0 Å². The molecule has 0 saturated heterocycles. The molecule has 66 valence electrons. The lowest BCUT2D eigenvalue weighted by atomic mass is 10.2. The number of hydrogen-bond acceptors (Lipinski definition) is 2. The van der Waals surface area contributed by atoms with E-state index >= 15 is 0 Å². The van der Waals surface area contributed by atoms with Crippen molar-refractivity contribution in [2.75, 3.05) is 0 Å². The average molecular weight is 242 g/mol. The molecule has 13 heavy (non-hydrogen) atoms. The minimum Gasteiger partial charge on any atom is -0.206 e. The van der Waals surface area contributed by atoms with Gasteiger partial charge in [-0.1, -0.05) is 0 Å². The van der Waals surface area contributed by atoms with Crippen LogP contribution in [-0.4, -0.2) is 15.4 Å². The van der Waals surface area contributed by atoms with Gasteiger partial charge in [0.2, 0.25) is 0 Å². The van der Waals surface area contributed by atoms with Crippen molar-refractivity contribution in [3.8, 4) is 11.3 Å². The Labute approximate surface area is 82.1 Å². The van der Waals surface area contributed by atoms with E-state index in [2.05, 4.69) is 31.3 Å². The molecular weight excluding hydrogens is 237 g/mol. The molecule has 0 radical (unpaired) electrons. The number of nitrogens with zero attached hydrogens (tertiary/aromatic N) is 2. The van der Waals surface area contributed by atoms with E-state index < -0.39 is 0 Å². The molecule has 1 aromatic heterocycles. The third kappa shape index (κ3) is 1.60. The monoisotopic (exact) mass is 241 g/mol. The summed E-state index contributed by atoms with van der Waals surface area (Å²) in [4.78, 5) is 0. The maximum Gasteiger partial charge on any atom is 0.137 e. The number of hydrogen-bond donors (Lipinski definition) is 1. The molecule has 1 N–H and O–H groups in total. The molecule has 0 aliphatic carbocycles. The van der Waals surface area contributed by atoms with Crippen LogP contribution in [0.4, 0.5) is 4.39 Å². The molecule has 2 rings (SSSR count). The molecule has 2 aromatic rings. The number of H-pyrrole nitrogens is 1. The predicted molar refractivity (Wildman–Crippen MR) is 49.5 cm³/mol. The van der Waals surface area contributed by atoms with Crippen molar-refractivity contribution in [3.05, 3.63) is 34.7 Å². The average Bonchev–Trinajstić information content (AvgIpc) is 2.62. The Balaban J connectivity index is 2.49. The van der Waals surface area contributed by atoms with Gasteiger partial charge in [-0.3, -0.25) is 0 Å². The molecule has 0 fully saturated rings. The van der Waals surface area contributed by atoms with Crippen molar-refractivity contribution in [1.82, 2.24) is 15.4 Å². The van der Waals surface area contributed by atoms with Crippen molar-refractivity contribution in [2.45, 2.75) is 0 Å². The first-order valence-corrected chi connectivity index (χ1v) is 4.38. The molecule has 1 aromatic carbocycles. The van der Waals surface area contributed by atoms with Gasteiger partial charge >= 0.3 is 0 Å². The van der Waals surface area contributed by atoms with E-state index in [-0.39, 0.29) is 5.82 Å². The standard InChI is InChI=1S/C8H5BrFN3/c9-6-3-5(1-2-7(6)10)8-4-11-13-12-8/h1-4H,(H,11,12,13). The Morgan fingerprint density at radius 2 is 2.23 bits per heavy atom. The van der Waals surface area contributed by atoms with Crippen molar-refractivity contribution in [1.29, 1.82) is 0 Å². The highest BCUT2D eigenvalue weighted by atomic mass is 79.9. The normalized spacial score (nSPS) is 10.3. The van der Waals surface area contributed by atoms with E-state index in [1.807, 2.05) is 0 Å². The molecule has 0 aliphatic heterocycles. The van der Waals surface area contributed by atoms with Gasteiger partial charge in [-0.2, -0.15) is 15.4 Å². The van der Waals surface area contributed by atoms with Gasteiger partial charge in [-0.25, -0.2) is 4.39 Å². The maximum absolute atomic E-state index is 12.8. The highest BCUT2D eigenvalue weighted by Crippen LogP contribution is 2.22. The molecular formula is C8H5BrFN3. The van der Waals surface area contributed by atoms with E-state index in [0.717, 1.165) is 5.56 Å². The quantitative estimate of drug-likeness (QED) is 0.833. The van der Waals surface area contributed by atoms with Crippen LogP contribution in [0.3, 0.4) is 0 Å². The second-order valence-corrected chi connectivity index (χ2v) is 3.34. The van der Waals surface area contributed by atoms with Crippen LogP contribution in [0.5, 0.6) is 0 Å². The smallest absolute Gasteiger partial charge is 0.137 e.